The van der Waals surface area contributed by atoms with Crippen molar-refractivity contribution in [1.29, 1.82) is 0 Å². The predicted molar refractivity (Wildman–Crippen MR) is 71.3 cm³/mol. The average Bonchev–Trinajstić information content (AvgIpc) is 2.31. The molecule has 0 aliphatic heterocycles. The molecule has 0 saturated carbocycles. The van der Waals surface area contributed by atoms with Crippen molar-refractivity contribution in [2.24, 2.45) is 0 Å². The van der Waals surface area contributed by atoms with Crippen molar-refractivity contribution < 1.29 is 0 Å². The van der Waals surface area contributed by atoms with E-state index in [-0.39, 0.29) is 0 Å². The molecular weight excluding hydrogens is 192 g/mol. The van der Waals surface area contributed by atoms with Gasteiger partial charge in [-0.3, -0.25) is 0 Å². The molecule has 2 aromatic carbocycles. The van der Waals surface area contributed by atoms with Crippen molar-refractivity contribution in [2.75, 3.05) is 0 Å². The lowest BCUT2D eigenvalue weighted by molar-refractivity contribution is 1.45. The summed E-state index contributed by atoms with van der Waals surface area (Å²) in [5, 5.41) is 0. The van der Waals surface area contributed by atoms with Crippen LogP contribution in [0.2, 0.25) is 0 Å². The van der Waals surface area contributed by atoms with Crippen LogP contribution in [-0.4, -0.2) is 0 Å². The van der Waals surface area contributed by atoms with Gasteiger partial charge in [-0.15, -0.1) is 0 Å². The van der Waals surface area contributed by atoms with Crippen LogP contribution in [0.5, 0.6) is 0 Å². The van der Waals surface area contributed by atoms with Crippen LogP contribution < -0.4 is 0 Å². The van der Waals surface area contributed by atoms with Crippen LogP contribution in [0.1, 0.15) is 18.1 Å². The lowest BCUT2D eigenvalue weighted by atomic mass is 9.96. The Morgan fingerprint density at radius 2 is 1.44 bits per heavy atom. The minimum atomic E-state index is 1.28. The monoisotopic (exact) mass is 208 g/mol. The summed E-state index contributed by atoms with van der Waals surface area (Å²) in [5.74, 6) is 0. The molecule has 2 aromatic rings. The first-order valence-corrected chi connectivity index (χ1v) is 5.60. The van der Waals surface area contributed by atoms with Crippen LogP contribution in [0, 0.1) is 6.92 Å². The molecule has 80 valence electrons. The first kappa shape index (κ1) is 10.7. The van der Waals surface area contributed by atoms with E-state index in [0.717, 1.165) is 0 Å². The van der Waals surface area contributed by atoms with Crippen molar-refractivity contribution >= 4 is 6.08 Å². The predicted octanol–water partition coefficient (Wildman–Crippen LogP) is 4.70. The second kappa shape index (κ2) is 4.80. The molecule has 2 rings (SSSR count). The van der Waals surface area contributed by atoms with E-state index in [9.17, 15) is 0 Å². The molecule has 0 unspecified atom stereocenters. The quantitative estimate of drug-likeness (QED) is 0.671. The van der Waals surface area contributed by atoms with Crippen LogP contribution in [0.4, 0.5) is 0 Å². The average molecular weight is 208 g/mol. The molecule has 0 amide bonds. The van der Waals surface area contributed by atoms with Gasteiger partial charge in [-0.2, -0.15) is 0 Å². The van der Waals surface area contributed by atoms with E-state index >= 15 is 0 Å². The first-order chi connectivity index (χ1) is 7.83. The zero-order chi connectivity index (χ0) is 11.4. The highest BCUT2D eigenvalue weighted by Gasteiger charge is 2.03. The summed E-state index contributed by atoms with van der Waals surface area (Å²) < 4.78 is 0. The molecule has 0 spiro atoms. The molecule has 0 radical (unpaired) electrons. The van der Waals surface area contributed by atoms with E-state index in [1.54, 1.807) is 0 Å². The lowest BCUT2D eigenvalue weighted by Gasteiger charge is -2.09. The number of hydrogen-bond acceptors (Lipinski definition) is 0. The molecule has 0 saturated heterocycles. The maximum atomic E-state index is 2.18. The third-order valence-corrected chi connectivity index (χ3v) is 2.74. The SMILES string of the molecule is C/C=C/c1ccccc1-c1ccccc1C. The Balaban J connectivity index is 2.60. The molecule has 0 fully saturated rings. The highest BCUT2D eigenvalue weighted by atomic mass is 14.1. The fourth-order valence-corrected chi connectivity index (χ4v) is 1.94. The summed E-state index contributed by atoms with van der Waals surface area (Å²) in [5.41, 5.74) is 5.22. The molecule has 0 atom stereocenters. The molecule has 0 aliphatic rings. The molecule has 0 aromatic heterocycles. The van der Waals surface area contributed by atoms with Gasteiger partial charge < -0.3 is 0 Å². The van der Waals surface area contributed by atoms with Crippen molar-refractivity contribution in [3.63, 3.8) is 0 Å². The Kier molecular flexibility index (Phi) is 3.21. The lowest BCUT2D eigenvalue weighted by Crippen LogP contribution is -1.85. The van der Waals surface area contributed by atoms with Crippen molar-refractivity contribution in [3.8, 4) is 11.1 Å². The van der Waals surface area contributed by atoms with Gasteiger partial charge in [-0.25, -0.2) is 0 Å². The van der Waals surface area contributed by atoms with Crippen LogP contribution in [0.15, 0.2) is 54.6 Å². The van der Waals surface area contributed by atoms with Crippen LogP contribution in [0.3, 0.4) is 0 Å². The van der Waals surface area contributed by atoms with Gasteiger partial charge in [0, 0.05) is 0 Å². The summed E-state index contributed by atoms with van der Waals surface area (Å²) in [4.78, 5) is 0. The summed E-state index contributed by atoms with van der Waals surface area (Å²) >= 11 is 0. The molecule has 16 heavy (non-hydrogen) atoms. The Morgan fingerprint density at radius 1 is 0.812 bits per heavy atom. The fraction of sp³-hybridized carbons (Fsp3) is 0.125. The molecule has 0 heterocycles. The van der Waals surface area contributed by atoms with Gasteiger partial charge in [0.2, 0.25) is 0 Å². The summed E-state index contributed by atoms with van der Waals surface area (Å²) in [6, 6.07) is 17.0. The highest BCUT2D eigenvalue weighted by Crippen LogP contribution is 2.27. The van der Waals surface area contributed by atoms with Gasteiger partial charge in [0.1, 0.15) is 0 Å². The van der Waals surface area contributed by atoms with Crippen molar-refractivity contribution in [2.45, 2.75) is 13.8 Å². The van der Waals surface area contributed by atoms with E-state index in [1.165, 1.54) is 22.3 Å². The minimum absolute atomic E-state index is 1.28. The Bertz CT molecular complexity index is 507. The Labute approximate surface area is 97.3 Å². The van der Waals surface area contributed by atoms with Gasteiger partial charge in [0.15, 0.2) is 0 Å². The van der Waals surface area contributed by atoms with Gasteiger partial charge in [0.25, 0.3) is 0 Å². The smallest absolute Gasteiger partial charge is 0.0109 e. The number of benzene rings is 2. The van der Waals surface area contributed by atoms with Gasteiger partial charge in [0.05, 0.1) is 0 Å². The van der Waals surface area contributed by atoms with E-state index < -0.39 is 0 Å². The maximum Gasteiger partial charge on any atom is -0.0109 e. The van der Waals surface area contributed by atoms with E-state index in [2.05, 4.69) is 74.5 Å². The van der Waals surface area contributed by atoms with Crippen molar-refractivity contribution in [3.05, 3.63) is 65.7 Å². The molecular formula is C16H16. The number of aryl methyl sites for hydroxylation is 1. The first-order valence-electron chi connectivity index (χ1n) is 5.60. The zero-order valence-electron chi connectivity index (χ0n) is 9.77. The standard InChI is InChI=1S/C16H16/c1-3-8-14-10-5-7-12-16(14)15-11-6-4-9-13(15)2/h3-12H,1-2H3/b8-3+. The molecule has 0 nitrogen and oxygen atoms in total. The fourth-order valence-electron chi connectivity index (χ4n) is 1.94. The van der Waals surface area contributed by atoms with Crippen LogP contribution >= 0.6 is 0 Å². The number of allylic oxidation sites excluding steroid dienone is 1. The second-order valence-electron chi connectivity index (χ2n) is 3.90. The summed E-state index contributed by atoms with van der Waals surface area (Å²) in [6.07, 6.45) is 4.23. The van der Waals surface area contributed by atoms with Gasteiger partial charge in [-0.05, 0) is 36.1 Å². The largest absolute Gasteiger partial charge is 0.0870 e. The van der Waals surface area contributed by atoms with Crippen LogP contribution in [0.25, 0.3) is 17.2 Å². The van der Waals surface area contributed by atoms with Gasteiger partial charge in [-0.1, -0.05) is 60.7 Å². The normalized spacial score (nSPS) is 10.9. The van der Waals surface area contributed by atoms with E-state index in [0.29, 0.717) is 0 Å². The third-order valence-electron chi connectivity index (χ3n) is 2.74. The van der Waals surface area contributed by atoms with E-state index in [4.69, 9.17) is 0 Å². The van der Waals surface area contributed by atoms with E-state index in [1.807, 2.05) is 0 Å². The molecule has 0 N–H and O–H groups in total. The van der Waals surface area contributed by atoms with Crippen molar-refractivity contribution in [1.82, 2.24) is 0 Å². The number of rotatable bonds is 2. The summed E-state index contributed by atoms with van der Waals surface area (Å²) in [7, 11) is 0. The number of hydrogen-bond donors (Lipinski definition) is 0. The Hall–Kier alpha value is -1.82. The third kappa shape index (κ3) is 2.06. The van der Waals surface area contributed by atoms with Crippen LogP contribution in [-0.2, 0) is 0 Å². The minimum Gasteiger partial charge on any atom is -0.0870 e. The second-order valence-corrected chi connectivity index (χ2v) is 3.90. The summed E-state index contributed by atoms with van der Waals surface area (Å²) in [6.45, 7) is 4.20. The maximum absolute atomic E-state index is 2.18. The Morgan fingerprint density at radius 3 is 2.12 bits per heavy atom. The van der Waals surface area contributed by atoms with Gasteiger partial charge >= 0.3 is 0 Å². The zero-order valence-corrected chi connectivity index (χ0v) is 9.77. The molecule has 0 aliphatic carbocycles. The topological polar surface area (TPSA) is 0 Å². The molecule has 0 heteroatoms. The molecule has 0 bridgehead atoms. The highest BCUT2D eigenvalue weighted by molar-refractivity contribution is 5.77.